The first-order chi connectivity index (χ1) is 5.18. The molecule has 0 amide bonds. The van der Waals surface area contributed by atoms with Crippen molar-refractivity contribution in [2.45, 2.75) is 26.3 Å². The van der Waals surface area contributed by atoms with Crippen LogP contribution in [0.15, 0.2) is 0 Å². The van der Waals surface area contributed by atoms with E-state index in [4.69, 9.17) is 0 Å². The van der Waals surface area contributed by atoms with E-state index in [0.717, 1.165) is 12.0 Å². The van der Waals surface area contributed by atoms with Gasteiger partial charge in [-0.2, -0.15) is 0 Å². The fourth-order valence-corrected chi connectivity index (χ4v) is 1.58. The fourth-order valence-electron chi connectivity index (χ4n) is 1.58. The smallest absolute Gasteiger partial charge is 0.0206 e. The van der Waals surface area contributed by atoms with Crippen LogP contribution in [-0.4, -0.2) is 37.6 Å². The second kappa shape index (κ2) is 4.07. The van der Waals surface area contributed by atoms with Crippen molar-refractivity contribution in [1.29, 1.82) is 0 Å². The summed E-state index contributed by atoms with van der Waals surface area (Å²) in [7, 11) is 2.21. The van der Waals surface area contributed by atoms with Gasteiger partial charge in [0.2, 0.25) is 0 Å². The van der Waals surface area contributed by atoms with E-state index < -0.39 is 0 Å². The van der Waals surface area contributed by atoms with Crippen LogP contribution in [0.2, 0.25) is 0 Å². The van der Waals surface area contributed by atoms with Crippen LogP contribution >= 0.6 is 0 Å². The highest BCUT2D eigenvalue weighted by Crippen LogP contribution is 2.04. The summed E-state index contributed by atoms with van der Waals surface area (Å²) in [5, 5.41) is 3.41. The number of hydrogen-bond donors (Lipinski definition) is 1. The Morgan fingerprint density at radius 1 is 1.55 bits per heavy atom. The Balaban J connectivity index is 2.04. The Morgan fingerprint density at radius 3 is 2.55 bits per heavy atom. The molecule has 0 aromatic rings. The van der Waals surface area contributed by atoms with Gasteiger partial charge in [-0.05, 0) is 25.9 Å². The van der Waals surface area contributed by atoms with Crippen LogP contribution in [0.5, 0.6) is 0 Å². The minimum atomic E-state index is 0.777. The molecule has 66 valence electrons. The van der Waals surface area contributed by atoms with Gasteiger partial charge in [0.15, 0.2) is 0 Å². The lowest BCUT2D eigenvalue weighted by Gasteiger charge is -2.32. The average Bonchev–Trinajstić information content (AvgIpc) is 1.77. The molecular weight excluding hydrogens is 136 g/mol. The Hall–Kier alpha value is -0.0800. The van der Waals surface area contributed by atoms with Crippen LogP contribution in [0.3, 0.4) is 0 Å². The van der Waals surface area contributed by atoms with E-state index in [0.29, 0.717) is 0 Å². The minimum Gasteiger partial charge on any atom is -0.313 e. The SMILES string of the molecule is CC(C)CN(C)CC1CCN1. The van der Waals surface area contributed by atoms with E-state index >= 15 is 0 Å². The van der Waals surface area contributed by atoms with E-state index in [9.17, 15) is 0 Å². The van der Waals surface area contributed by atoms with Gasteiger partial charge in [-0.15, -0.1) is 0 Å². The molecule has 0 spiro atoms. The Kier molecular flexibility index (Phi) is 3.34. The normalized spacial score (nSPS) is 24.3. The molecule has 1 atom stereocenters. The molecule has 1 fully saturated rings. The van der Waals surface area contributed by atoms with Crippen LogP contribution in [0.1, 0.15) is 20.3 Å². The maximum atomic E-state index is 3.41. The van der Waals surface area contributed by atoms with Gasteiger partial charge in [0.25, 0.3) is 0 Å². The van der Waals surface area contributed by atoms with E-state index in [-0.39, 0.29) is 0 Å². The van der Waals surface area contributed by atoms with Crippen molar-refractivity contribution in [2.24, 2.45) is 5.92 Å². The van der Waals surface area contributed by atoms with Gasteiger partial charge in [0.1, 0.15) is 0 Å². The van der Waals surface area contributed by atoms with Gasteiger partial charge in [0.05, 0.1) is 0 Å². The van der Waals surface area contributed by atoms with Gasteiger partial charge in [-0.25, -0.2) is 0 Å². The number of likely N-dealkylation sites (N-methyl/N-ethyl adjacent to an activating group) is 1. The fraction of sp³-hybridized carbons (Fsp3) is 1.00. The molecule has 11 heavy (non-hydrogen) atoms. The van der Waals surface area contributed by atoms with Crippen molar-refractivity contribution >= 4 is 0 Å². The second-order valence-electron chi connectivity index (χ2n) is 4.05. The summed E-state index contributed by atoms with van der Waals surface area (Å²) in [4.78, 5) is 2.42. The third kappa shape index (κ3) is 3.21. The van der Waals surface area contributed by atoms with Crippen LogP contribution < -0.4 is 5.32 Å². The summed E-state index contributed by atoms with van der Waals surface area (Å²) in [5.74, 6) is 0.792. The topological polar surface area (TPSA) is 15.3 Å². The van der Waals surface area contributed by atoms with Crippen molar-refractivity contribution in [2.75, 3.05) is 26.7 Å². The summed E-state index contributed by atoms with van der Waals surface area (Å²) in [6.07, 6.45) is 1.36. The molecule has 0 bridgehead atoms. The Labute approximate surface area is 70.0 Å². The quantitative estimate of drug-likeness (QED) is 0.651. The molecule has 1 saturated heterocycles. The van der Waals surface area contributed by atoms with Gasteiger partial charge in [0, 0.05) is 19.1 Å². The number of rotatable bonds is 4. The zero-order valence-corrected chi connectivity index (χ0v) is 7.93. The molecule has 0 aromatic carbocycles. The van der Waals surface area contributed by atoms with Crippen molar-refractivity contribution < 1.29 is 0 Å². The van der Waals surface area contributed by atoms with Gasteiger partial charge in [-0.3, -0.25) is 0 Å². The highest BCUT2D eigenvalue weighted by molar-refractivity contribution is 4.79. The molecule has 1 unspecified atom stereocenters. The Bertz CT molecular complexity index is 108. The molecule has 0 saturated carbocycles. The minimum absolute atomic E-state index is 0.777. The predicted octanol–water partition coefficient (Wildman–Crippen LogP) is 0.936. The summed E-state index contributed by atoms with van der Waals surface area (Å²) in [6, 6.07) is 0.777. The van der Waals surface area contributed by atoms with Crippen LogP contribution in [0, 0.1) is 5.92 Å². The lowest BCUT2D eigenvalue weighted by atomic mass is 10.1. The highest BCUT2D eigenvalue weighted by Gasteiger charge is 2.17. The molecule has 2 heteroatoms. The maximum absolute atomic E-state index is 3.41. The third-order valence-electron chi connectivity index (χ3n) is 2.13. The lowest BCUT2D eigenvalue weighted by Crippen LogP contribution is -2.49. The van der Waals surface area contributed by atoms with E-state index in [1.807, 2.05) is 0 Å². The summed E-state index contributed by atoms with van der Waals surface area (Å²) < 4.78 is 0. The standard InChI is InChI=1S/C9H20N2/c1-8(2)6-11(3)7-9-4-5-10-9/h8-10H,4-7H2,1-3H3. The van der Waals surface area contributed by atoms with Gasteiger partial charge < -0.3 is 10.2 Å². The van der Waals surface area contributed by atoms with Crippen LogP contribution in [0.25, 0.3) is 0 Å². The molecule has 0 radical (unpaired) electrons. The Morgan fingerprint density at radius 2 is 2.18 bits per heavy atom. The molecule has 1 heterocycles. The van der Waals surface area contributed by atoms with Gasteiger partial charge in [-0.1, -0.05) is 13.8 Å². The number of nitrogens with one attached hydrogen (secondary N) is 1. The van der Waals surface area contributed by atoms with Crippen LogP contribution in [-0.2, 0) is 0 Å². The zero-order chi connectivity index (χ0) is 8.27. The van der Waals surface area contributed by atoms with Crippen molar-refractivity contribution in [3.8, 4) is 0 Å². The number of nitrogens with zero attached hydrogens (tertiary/aromatic N) is 1. The zero-order valence-electron chi connectivity index (χ0n) is 7.93. The van der Waals surface area contributed by atoms with Crippen molar-refractivity contribution in [3.05, 3.63) is 0 Å². The van der Waals surface area contributed by atoms with Gasteiger partial charge >= 0.3 is 0 Å². The predicted molar refractivity (Wildman–Crippen MR) is 48.7 cm³/mol. The molecule has 1 N–H and O–H groups in total. The van der Waals surface area contributed by atoms with Crippen LogP contribution in [0.4, 0.5) is 0 Å². The summed E-state index contributed by atoms with van der Waals surface area (Å²) in [6.45, 7) is 8.20. The molecule has 1 aliphatic heterocycles. The lowest BCUT2D eigenvalue weighted by molar-refractivity contribution is 0.224. The van der Waals surface area contributed by atoms with E-state index in [1.54, 1.807) is 0 Å². The highest BCUT2D eigenvalue weighted by atomic mass is 15.1. The maximum Gasteiger partial charge on any atom is 0.0206 e. The third-order valence-corrected chi connectivity index (χ3v) is 2.13. The second-order valence-corrected chi connectivity index (χ2v) is 4.05. The molecule has 0 aromatic heterocycles. The first kappa shape index (κ1) is 9.01. The first-order valence-corrected chi connectivity index (χ1v) is 4.60. The monoisotopic (exact) mass is 156 g/mol. The molecular formula is C9H20N2. The number of hydrogen-bond acceptors (Lipinski definition) is 2. The molecule has 0 aliphatic carbocycles. The largest absolute Gasteiger partial charge is 0.313 e. The van der Waals surface area contributed by atoms with Crippen molar-refractivity contribution in [1.82, 2.24) is 10.2 Å². The summed E-state index contributed by atoms with van der Waals surface area (Å²) in [5.41, 5.74) is 0. The molecule has 2 nitrogen and oxygen atoms in total. The van der Waals surface area contributed by atoms with E-state index in [1.165, 1.54) is 26.1 Å². The van der Waals surface area contributed by atoms with Crippen molar-refractivity contribution in [3.63, 3.8) is 0 Å². The molecule has 1 rings (SSSR count). The van der Waals surface area contributed by atoms with E-state index in [2.05, 4.69) is 31.1 Å². The average molecular weight is 156 g/mol. The molecule has 1 aliphatic rings. The first-order valence-electron chi connectivity index (χ1n) is 4.60. The summed E-state index contributed by atoms with van der Waals surface area (Å²) >= 11 is 0.